The Hall–Kier alpha value is -3.33. The molecule has 0 aliphatic carbocycles. The highest BCUT2D eigenvalue weighted by molar-refractivity contribution is 7.99. The van der Waals surface area contributed by atoms with E-state index in [1.807, 2.05) is 30.5 Å². The van der Waals surface area contributed by atoms with Gasteiger partial charge in [0.2, 0.25) is 0 Å². The fourth-order valence-electron chi connectivity index (χ4n) is 3.05. The van der Waals surface area contributed by atoms with E-state index in [2.05, 4.69) is 14.8 Å². The first-order valence-corrected chi connectivity index (χ1v) is 9.97. The van der Waals surface area contributed by atoms with Gasteiger partial charge in [-0.3, -0.25) is 4.79 Å². The Balaban J connectivity index is 1.68. The van der Waals surface area contributed by atoms with E-state index in [0.717, 1.165) is 28.9 Å². The molecule has 0 radical (unpaired) electrons. The fraction of sp³-hybridized carbons (Fsp3) is 0.0952. The molecule has 3 aromatic rings. The fourth-order valence-corrected chi connectivity index (χ4v) is 3.41. The Morgan fingerprint density at radius 3 is 2.57 bits per heavy atom. The van der Waals surface area contributed by atoms with Gasteiger partial charge in [-0.2, -0.15) is 0 Å². The molecule has 9 heteroatoms. The van der Waals surface area contributed by atoms with Crippen LogP contribution < -0.4 is 19.5 Å². The first-order chi connectivity index (χ1) is 14.3. The molecule has 4 rings (SSSR count). The molecule has 2 N–H and O–H groups in total. The number of hydrogen-bond acceptors (Lipinski definition) is 5. The van der Waals surface area contributed by atoms with Gasteiger partial charge in [-0.15, -0.1) is 13.2 Å². The van der Waals surface area contributed by atoms with E-state index in [-0.39, 0.29) is 22.7 Å². The van der Waals surface area contributed by atoms with E-state index in [0.29, 0.717) is 0 Å². The van der Waals surface area contributed by atoms with Gasteiger partial charge in [0.05, 0.1) is 11.3 Å². The van der Waals surface area contributed by atoms with Crippen molar-refractivity contribution in [2.45, 2.75) is 6.36 Å². The van der Waals surface area contributed by atoms with Crippen molar-refractivity contribution in [3.05, 3.63) is 66.2 Å². The number of rotatable bonds is 4. The molecule has 0 bridgehead atoms. The van der Waals surface area contributed by atoms with E-state index in [4.69, 9.17) is 4.74 Å². The number of alkyl halides is 3. The molecule has 0 spiro atoms. The van der Waals surface area contributed by atoms with Gasteiger partial charge >= 0.3 is 6.36 Å². The van der Waals surface area contributed by atoms with E-state index < -0.39 is 18.0 Å². The average molecular weight is 432 g/mol. The van der Waals surface area contributed by atoms with Crippen LogP contribution >= 0.6 is 11.9 Å². The standard InChI is InChI=1S/C21H15F3N2O3S/c1-30-26-14-4-2-3-12(9-14)13-5-8-18-16(10-13)20(27)25-17-7-6-15(11-19(17)28-18)29-21(22,23)24/h2-11,26H,1H3,(H,25,27). The van der Waals surface area contributed by atoms with E-state index in [1.54, 1.807) is 18.2 Å². The predicted octanol–water partition coefficient (Wildman–Crippen LogP) is 6.30. The second kappa shape index (κ2) is 7.83. The van der Waals surface area contributed by atoms with Gasteiger partial charge in [-0.05, 0) is 47.5 Å². The number of hydrogen-bond donors (Lipinski definition) is 2. The summed E-state index contributed by atoms with van der Waals surface area (Å²) in [6, 6.07) is 16.3. The predicted molar refractivity (Wildman–Crippen MR) is 110 cm³/mol. The SMILES string of the molecule is CSNc1cccc(-c2ccc3c(c2)C(=O)Nc2ccc(OC(F)(F)F)cc2O3)c1. The van der Waals surface area contributed by atoms with Crippen molar-refractivity contribution in [2.24, 2.45) is 0 Å². The van der Waals surface area contributed by atoms with Crippen molar-refractivity contribution in [1.82, 2.24) is 0 Å². The van der Waals surface area contributed by atoms with Gasteiger partial charge in [0.1, 0.15) is 11.5 Å². The lowest BCUT2D eigenvalue weighted by Crippen LogP contribution is -2.17. The van der Waals surface area contributed by atoms with Crippen LogP contribution in [0.3, 0.4) is 0 Å². The number of anilines is 2. The summed E-state index contributed by atoms with van der Waals surface area (Å²) in [6.45, 7) is 0. The van der Waals surface area contributed by atoms with Crippen LogP contribution in [0, 0.1) is 0 Å². The lowest BCUT2D eigenvalue weighted by atomic mass is 10.0. The van der Waals surface area contributed by atoms with Crippen molar-refractivity contribution in [2.75, 3.05) is 16.3 Å². The third-order valence-electron chi connectivity index (χ3n) is 4.29. The monoisotopic (exact) mass is 432 g/mol. The number of halogens is 3. The van der Waals surface area contributed by atoms with Crippen molar-refractivity contribution < 1.29 is 27.4 Å². The summed E-state index contributed by atoms with van der Waals surface area (Å²) in [5.41, 5.74) is 3.13. The molecule has 1 aliphatic heterocycles. The normalized spacial score (nSPS) is 12.7. The smallest absolute Gasteiger partial charge is 0.454 e. The molecule has 154 valence electrons. The topological polar surface area (TPSA) is 59.6 Å². The summed E-state index contributed by atoms with van der Waals surface area (Å²) in [5.74, 6) is -0.567. The van der Waals surface area contributed by atoms with Crippen molar-refractivity contribution >= 4 is 29.2 Å². The van der Waals surface area contributed by atoms with Crippen LogP contribution in [-0.4, -0.2) is 18.5 Å². The van der Waals surface area contributed by atoms with Gasteiger partial charge in [0, 0.05) is 18.0 Å². The molecule has 1 aliphatic rings. The largest absolute Gasteiger partial charge is 0.573 e. The van der Waals surface area contributed by atoms with Gasteiger partial charge < -0.3 is 19.5 Å². The molecule has 5 nitrogen and oxygen atoms in total. The summed E-state index contributed by atoms with van der Waals surface area (Å²) in [7, 11) is 0. The molecule has 0 atom stereocenters. The van der Waals surface area contributed by atoms with Gasteiger partial charge in [-0.1, -0.05) is 30.1 Å². The van der Waals surface area contributed by atoms with E-state index in [9.17, 15) is 18.0 Å². The number of amides is 1. The first-order valence-electron chi connectivity index (χ1n) is 8.75. The zero-order valence-electron chi connectivity index (χ0n) is 15.5. The highest BCUT2D eigenvalue weighted by Gasteiger charge is 2.32. The summed E-state index contributed by atoms with van der Waals surface area (Å²) < 4.78 is 50.3. The average Bonchev–Trinajstić information content (AvgIpc) is 2.82. The van der Waals surface area contributed by atoms with Crippen LogP contribution in [0.15, 0.2) is 60.7 Å². The summed E-state index contributed by atoms with van der Waals surface area (Å²) >= 11 is 1.47. The minimum atomic E-state index is -4.82. The molecule has 3 aromatic carbocycles. The lowest BCUT2D eigenvalue weighted by Gasteiger charge is -2.12. The quantitative estimate of drug-likeness (QED) is 0.474. The minimum Gasteiger partial charge on any atom is -0.454 e. The third kappa shape index (κ3) is 4.30. The molecule has 0 fully saturated rings. The van der Waals surface area contributed by atoms with Gasteiger partial charge in [0.15, 0.2) is 5.75 Å². The maximum atomic E-state index is 12.7. The van der Waals surface area contributed by atoms with Crippen LogP contribution in [0.1, 0.15) is 10.4 Å². The zero-order valence-corrected chi connectivity index (χ0v) is 16.4. The lowest BCUT2D eigenvalue weighted by molar-refractivity contribution is -0.274. The Bertz CT molecular complexity index is 1120. The van der Waals surface area contributed by atoms with Crippen LogP contribution in [0.4, 0.5) is 24.5 Å². The van der Waals surface area contributed by atoms with Crippen LogP contribution in [0.25, 0.3) is 11.1 Å². The van der Waals surface area contributed by atoms with E-state index >= 15 is 0 Å². The van der Waals surface area contributed by atoms with Crippen LogP contribution in [-0.2, 0) is 0 Å². The molecule has 1 amide bonds. The van der Waals surface area contributed by atoms with Gasteiger partial charge in [-0.25, -0.2) is 0 Å². The second-order valence-electron chi connectivity index (χ2n) is 6.36. The first kappa shape index (κ1) is 20.0. The summed E-state index contributed by atoms with van der Waals surface area (Å²) in [5, 5.41) is 2.66. The Labute approximate surface area is 174 Å². The number of fused-ring (bicyclic) bond motifs is 2. The number of carbonyl (C=O) groups is 1. The maximum Gasteiger partial charge on any atom is 0.573 e. The second-order valence-corrected chi connectivity index (χ2v) is 6.97. The molecular formula is C21H15F3N2O3S. The Morgan fingerprint density at radius 2 is 1.80 bits per heavy atom. The molecule has 30 heavy (non-hydrogen) atoms. The number of carbonyl (C=O) groups excluding carboxylic acids is 1. The maximum absolute atomic E-state index is 12.7. The number of benzene rings is 3. The highest BCUT2D eigenvalue weighted by Crippen LogP contribution is 2.40. The molecule has 0 saturated carbocycles. The highest BCUT2D eigenvalue weighted by atomic mass is 32.2. The number of nitrogens with one attached hydrogen (secondary N) is 2. The minimum absolute atomic E-state index is 0.0581. The van der Waals surface area contributed by atoms with Crippen molar-refractivity contribution in [3.63, 3.8) is 0 Å². The zero-order chi connectivity index (χ0) is 21.3. The summed E-state index contributed by atoms with van der Waals surface area (Å²) in [6.07, 6.45) is -2.91. The molecule has 1 heterocycles. The molecular weight excluding hydrogens is 417 g/mol. The summed E-state index contributed by atoms with van der Waals surface area (Å²) in [4.78, 5) is 12.7. The van der Waals surface area contributed by atoms with E-state index in [1.165, 1.54) is 18.0 Å². The molecule has 0 saturated heterocycles. The van der Waals surface area contributed by atoms with Crippen molar-refractivity contribution in [3.8, 4) is 28.4 Å². The third-order valence-corrected chi connectivity index (χ3v) is 4.73. The Morgan fingerprint density at radius 1 is 1.00 bits per heavy atom. The number of ether oxygens (including phenoxy) is 2. The van der Waals surface area contributed by atoms with Gasteiger partial charge in [0.25, 0.3) is 5.91 Å². The van der Waals surface area contributed by atoms with Crippen molar-refractivity contribution in [1.29, 1.82) is 0 Å². The van der Waals surface area contributed by atoms with Crippen LogP contribution in [0.5, 0.6) is 17.2 Å². The molecule has 0 aromatic heterocycles. The molecule has 0 unspecified atom stereocenters. The van der Waals surface area contributed by atoms with Crippen LogP contribution in [0.2, 0.25) is 0 Å². The Kier molecular flexibility index (Phi) is 5.21.